The van der Waals surface area contributed by atoms with E-state index in [9.17, 15) is 4.79 Å². The van der Waals surface area contributed by atoms with Crippen LogP contribution in [-0.4, -0.2) is 23.4 Å². The number of hydrogen-bond donors (Lipinski definition) is 0. The molecular formula is C13H22N2O. The van der Waals surface area contributed by atoms with Crippen LogP contribution in [0.3, 0.4) is 0 Å². The van der Waals surface area contributed by atoms with Crippen LogP contribution < -0.4 is 0 Å². The monoisotopic (exact) mass is 222 g/mol. The van der Waals surface area contributed by atoms with Gasteiger partial charge in [-0.25, -0.2) is 0 Å². The van der Waals surface area contributed by atoms with Crippen LogP contribution in [0.2, 0.25) is 0 Å². The van der Waals surface area contributed by atoms with E-state index in [1.54, 1.807) is 6.92 Å². The van der Waals surface area contributed by atoms with E-state index < -0.39 is 5.41 Å². The molecule has 0 aliphatic carbocycles. The predicted octanol–water partition coefficient (Wildman–Crippen LogP) is 2.72. The minimum absolute atomic E-state index is 0.0315. The van der Waals surface area contributed by atoms with E-state index in [2.05, 4.69) is 13.0 Å². The summed E-state index contributed by atoms with van der Waals surface area (Å²) in [5.41, 5.74) is -0.829. The molecule has 3 nitrogen and oxygen atoms in total. The zero-order valence-corrected chi connectivity index (χ0v) is 10.6. The van der Waals surface area contributed by atoms with Gasteiger partial charge < -0.3 is 4.90 Å². The summed E-state index contributed by atoms with van der Waals surface area (Å²) >= 11 is 0. The molecule has 16 heavy (non-hydrogen) atoms. The van der Waals surface area contributed by atoms with Crippen LogP contribution in [-0.2, 0) is 4.79 Å². The molecule has 1 rings (SSSR count). The van der Waals surface area contributed by atoms with Crippen molar-refractivity contribution >= 4 is 5.91 Å². The molecule has 0 saturated carbocycles. The molecule has 0 spiro atoms. The van der Waals surface area contributed by atoms with Crippen molar-refractivity contribution in [1.82, 2.24) is 4.90 Å². The summed E-state index contributed by atoms with van der Waals surface area (Å²) in [5, 5.41) is 9.15. The molecule has 90 valence electrons. The molecule has 0 aromatic rings. The second-order valence-corrected chi connectivity index (χ2v) is 4.85. The van der Waals surface area contributed by atoms with Crippen LogP contribution in [0.5, 0.6) is 0 Å². The lowest BCUT2D eigenvalue weighted by Crippen LogP contribution is -2.49. The third-order valence-corrected chi connectivity index (χ3v) is 3.79. The molecule has 1 fully saturated rings. The Kier molecular flexibility index (Phi) is 4.35. The summed E-state index contributed by atoms with van der Waals surface area (Å²) in [7, 11) is 0. The summed E-state index contributed by atoms with van der Waals surface area (Å²) in [6.45, 7) is 6.61. The van der Waals surface area contributed by atoms with Gasteiger partial charge in [0.25, 0.3) is 0 Å². The maximum atomic E-state index is 12.4. The van der Waals surface area contributed by atoms with Gasteiger partial charge in [-0.2, -0.15) is 5.26 Å². The highest BCUT2D eigenvalue weighted by atomic mass is 16.2. The van der Waals surface area contributed by atoms with Crippen molar-refractivity contribution in [3.8, 4) is 6.07 Å². The minimum atomic E-state index is -0.829. The second kappa shape index (κ2) is 5.34. The fourth-order valence-corrected chi connectivity index (χ4v) is 2.29. The number of nitrogens with zero attached hydrogens (tertiary/aromatic N) is 2. The summed E-state index contributed by atoms with van der Waals surface area (Å²) in [4.78, 5) is 14.3. The molecule has 3 heteroatoms. The normalized spacial score (nSPS) is 24.6. The van der Waals surface area contributed by atoms with Gasteiger partial charge in [0.2, 0.25) is 5.91 Å². The number of carbonyl (C=O) groups is 1. The lowest BCUT2D eigenvalue weighted by molar-refractivity contribution is -0.142. The molecule has 1 aliphatic rings. The number of amides is 1. The molecule has 0 bridgehead atoms. The van der Waals surface area contributed by atoms with Gasteiger partial charge in [0.05, 0.1) is 6.07 Å². The highest BCUT2D eigenvalue weighted by molar-refractivity contribution is 5.85. The van der Waals surface area contributed by atoms with Gasteiger partial charge >= 0.3 is 0 Å². The Balaban J connectivity index is 2.82. The smallest absolute Gasteiger partial charge is 0.242 e. The van der Waals surface area contributed by atoms with E-state index >= 15 is 0 Å². The van der Waals surface area contributed by atoms with Crippen molar-refractivity contribution in [3.05, 3.63) is 0 Å². The van der Waals surface area contributed by atoms with Crippen LogP contribution in [0, 0.1) is 16.7 Å². The number of likely N-dealkylation sites (tertiary alicyclic amines) is 1. The highest BCUT2D eigenvalue weighted by Crippen LogP contribution is 2.28. The molecule has 1 heterocycles. The van der Waals surface area contributed by atoms with Crippen LogP contribution in [0.1, 0.15) is 52.9 Å². The fraction of sp³-hybridized carbons (Fsp3) is 0.846. The van der Waals surface area contributed by atoms with Crippen molar-refractivity contribution in [2.24, 2.45) is 5.41 Å². The third kappa shape index (κ3) is 2.37. The summed E-state index contributed by atoms with van der Waals surface area (Å²) in [5.74, 6) is 0.0315. The molecule has 1 amide bonds. The molecule has 1 aliphatic heterocycles. The number of rotatable bonds is 3. The van der Waals surface area contributed by atoms with E-state index in [0.717, 1.165) is 25.8 Å². The molecule has 2 atom stereocenters. The average Bonchev–Trinajstić information content (AvgIpc) is 2.36. The Labute approximate surface area is 98.4 Å². The fourth-order valence-electron chi connectivity index (χ4n) is 2.29. The minimum Gasteiger partial charge on any atom is -0.338 e. The Morgan fingerprint density at radius 1 is 1.50 bits per heavy atom. The first-order chi connectivity index (χ1) is 7.59. The van der Waals surface area contributed by atoms with Gasteiger partial charge in [-0.1, -0.05) is 13.8 Å². The molecule has 1 saturated heterocycles. The number of nitriles is 1. The van der Waals surface area contributed by atoms with Crippen molar-refractivity contribution in [3.63, 3.8) is 0 Å². The first-order valence-electron chi connectivity index (χ1n) is 6.31. The Bertz CT molecular complexity index is 295. The van der Waals surface area contributed by atoms with Gasteiger partial charge in [-0.15, -0.1) is 0 Å². The zero-order valence-electron chi connectivity index (χ0n) is 10.6. The van der Waals surface area contributed by atoms with Crippen molar-refractivity contribution in [2.45, 2.75) is 58.9 Å². The van der Waals surface area contributed by atoms with Gasteiger partial charge in [0.1, 0.15) is 5.41 Å². The Hall–Kier alpha value is -1.04. The average molecular weight is 222 g/mol. The predicted molar refractivity (Wildman–Crippen MR) is 63.7 cm³/mol. The van der Waals surface area contributed by atoms with Gasteiger partial charge in [0.15, 0.2) is 0 Å². The van der Waals surface area contributed by atoms with Crippen molar-refractivity contribution in [2.75, 3.05) is 6.54 Å². The van der Waals surface area contributed by atoms with E-state index in [0.29, 0.717) is 12.5 Å². The molecule has 0 N–H and O–H groups in total. The molecular weight excluding hydrogens is 200 g/mol. The molecule has 0 aromatic carbocycles. The van der Waals surface area contributed by atoms with Gasteiger partial charge in [-0.05, 0) is 39.0 Å². The van der Waals surface area contributed by atoms with E-state index in [4.69, 9.17) is 5.26 Å². The van der Waals surface area contributed by atoms with E-state index in [1.807, 2.05) is 11.8 Å². The molecule has 2 unspecified atom stereocenters. The van der Waals surface area contributed by atoms with Gasteiger partial charge in [0, 0.05) is 12.6 Å². The molecule has 0 radical (unpaired) electrons. The third-order valence-electron chi connectivity index (χ3n) is 3.79. The van der Waals surface area contributed by atoms with Crippen molar-refractivity contribution < 1.29 is 4.79 Å². The first kappa shape index (κ1) is 13.0. The van der Waals surface area contributed by atoms with Crippen LogP contribution in [0.4, 0.5) is 0 Å². The molecule has 0 aromatic heterocycles. The number of carbonyl (C=O) groups excluding carboxylic acids is 1. The first-order valence-corrected chi connectivity index (χ1v) is 6.31. The number of hydrogen-bond acceptors (Lipinski definition) is 2. The summed E-state index contributed by atoms with van der Waals surface area (Å²) in [6.07, 6.45) is 4.96. The van der Waals surface area contributed by atoms with Crippen LogP contribution >= 0.6 is 0 Å². The lowest BCUT2D eigenvalue weighted by atomic mass is 9.85. The summed E-state index contributed by atoms with van der Waals surface area (Å²) in [6, 6.07) is 2.53. The van der Waals surface area contributed by atoms with Gasteiger partial charge in [-0.3, -0.25) is 4.79 Å². The SMILES string of the molecule is CCC1CCCCN1C(=O)C(C)(C#N)CC. The topological polar surface area (TPSA) is 44.1 Å². The maximum absolute atomic E-state index is 12.4. The largest absolute Gasteiger partial charge is 0.338 e. The lowest BCUT2D eigenvalue weighted by Gasteiger charge is -2.38. The van der Waals surface area contributed by atoms with Crippen LogP contribution in [0.25, 0.3) is 0 Å². The zero-order chi connectivity index (χ0) is 12.2. The standard InChI is InChI=1S/C13H22N2O/c1-4-11-8-6-7-9-15(11)12(16)13(3,5-2)10-14/h11H,4-9H2,1-3H3. The quantitative estimate of drug-likeness (QED) is 0.737. The summed E-state index contributed by atoms with van der Waals surface area (Å²) < 4.78 is 0. The van der Waals surface area contributed by atoms with Crippen LogP contribution in [0.15, 0.2) is 0 Å². The van der Waals surface area contributed by atoms with E-state index in [1.165, 1.54) is 6.42 Å². The Morgan fingerprint density at radius 3 is 2.69 bits per heavy atom. The Morgan fingerprint density at radius 2 is 2.19 bits per heavy atom. The van der Waals surface area contributed by atoms with Crippen molar-refractivity contribution in [1.29, 1.82) is 5.26 Å². The van der Waals surface area contributed by atoms with E-state index in [-0.39, 0.29) is 5.91 Å². The second-order valence-electron chi connectivity index (χ2n) is 4.85. The highest BCUT2D eigenvalue weighted by Gasteiger charge is 2.38. The number of piperidine rings is 1. The maximum Gasteiger partial charge on any atom is 0.242 e.